The molecule has 1 atom stereocenters. The number of rotatable bonds is 1. The predicted molar refractivity (Wildman–Crippen MR) is 55.7 cm³/mol. The fourth-order valence-corrected chi connectivity index (χ4v) is 2.13. The lowest BCUT2D eigenvalue weighted by molar-refractivity contribution is -0.133. The minimum absolute atomic E-state index is 0.201. The van der Waals surface area contributed by atoms with Crippen LogP contribution in [0.5, 0.6) is 0 Å². The summed E-state index contributed by atoms with van der Waals surface area (Å²) in [4.78, 5) is 13.9. The van der Waals surface area contributed by atoms with Crippen molar-refractivity contribution in [2.45, 2.75) is 44.6 Å². The number of hydrogen-bond acceptors (Lipinski definition) is 2. The van der Waals surface area contributed by atoms with Crippen LogP contribution in [0, 0.1) is 5.92 Å². The minimum Gasteiger partial charge on any atom is -0.341 e. The molecule has 2 rings (SSSR count). The molecule has 80 valence electrons. The monoisotopic (exact) mass is 196 g/mol. The SMILES string of the molecule is CC1CCCN(C(=O)C2(N)CC2)CC1. The number of amides is 1. The highest BCUT2D eigenvalue weighted by Crippen LogP contribution is 2.34. The van der Waals surface area contributed by atoms with Crippen LogP contribution < -0.4 is 5.73 Å². The van der Waals surface area contributed by atoms with Gasteiger partial charge in [0.05, 0.1) is 5.54 Å². The van der Waals surface area contributed by atoms with E-state index in [1.165, 1.54) is 6.42 Å². The molecule has 0 aromatic heterocycles. The van der Waals surface area contributed by atoms with Gasteiger partial charge < -0.3 is 10.6 Å². The maximum absolute atomic E-state index is 11.9. The standard InChI is InChI=1S/C11H20N2O/c1-9-3-2-7-13(8-4-9)10(14)11(12)5-6-11/h9H,2-8,12H2,1H3. The summed E-state index contributed by atoms with van der Waals surface area (Å²) in [5.41, 5.74) is 5.45. The number of nitrogens with zero attached hydrogens (tertiary/aromatic N) is 1. The normalized spacial score (nSPS) is 31.0. The van der Waals surface area contributed by atoms with E-state index in [4.69, 9.17) is 5.73 Å². The fourth-order valence-electron chi connectivity index (χ4n) is 2.13. The summed E-state index contributed by atoms with van der Waals surface area (Å²) in [6, 6.07) is 0. The minimum atomic E-state index is -0.465. The molecule has 3 heteroatoms. The van der Waals surface area contributed by atoms with Crippen molar-refractivity contribution < 1.29 is 4.79 Å². The third-order valence-corrected chi connectivity index (χ3v) is 3.52. The second kappa shape index (κ2) is 3.54. The van der Waals surface area contributed by atoms with Gasteiger partial charge in [0, 0.05) is 13.1 Å². The van der Waals surface area contributed by atoms with Crippen LogP contribution in [0.25, 0.3) is 0 Å². The van der Waals surface area contributed by atoms with Crippen molar-refractivity contribution in [3.63, 3.8) is 0 Å². The van der Waals surface area contributed by atoms with E-state index in [2.05, 4.69) is 6.92 Å². The Morgan fingerprint density at radius 1 is 1.36 bits per heavy atom. The maximum Gasteiger partial charge on any atom is 0.242 e. The quantitative estimate of drug-likeness (QED) is 0.683. The Hall–Kier alpha value is -0.570. The van der Waals surface area contributed by atoms with Crippen LogP contribution in [0.1, 0.15) is 39.0 Å². The van der Waals surface area contributed by atoms with Gasteiger partial charge in [-0.15, -0.1) is 0 Å². The van der Waals surface area contributed by atoms with E-state index in [0.29, 0.717) is 0 Å². The summed E-state index contributed by atoms with van der Waals surface area (Å²) in [5, 5.41) is 0. The molecular formula is C11H20N2O. The van der Waals surface area contributed by atoms with Gasteiger partial charge in [-0.1, -0.05) is 6.92 Å². The zero-order valence-corrected chi connectivity index (χ0v) is 8.96. The largest absolute Gasteiger partial charge is 0.341 e. The molecule has 2 aliphatic rings. The molecule has 2 fully saturated rings. The first-order chi connectivity index (χ1) is 6.62. The van der Waals surface area contributed by atoms with E-state index >= 15 is 0 Å². The van der Waals surface area contributed by atoms with Gasteiger partial charge in [0.1, 0.15) is 0 Å². The summed E-state index contributed by atoms with van der Waals surface area (Å²) in [5.74, 6) is 0.965. The van der Waals surface area contributed by atoms with Gasteiger partial charge in [-0.25, -0.2) is 0 Å². The Balaban J connectivity index is 1.93. The third-order valence-electron chi connectivity index (χ3n) is 3.52. The van der Waals surface area contributed by atoms with Crippen LogP contribution in [0.15, 0.2) is 0 Å². The first-order valence-electron chi connectivity index (χ1n) is 5.70. The average molecular weight is 196 g/mol. The molecule has 1 unspecified atom stereocenters. The van der Waals surface area contributed by atoms with Crippen LogP contribution in [-0.2, 0) is 4.79 Å². The smallest absolute Gasteiger partial charge is 0.242 e. The molecule has 3 nitrogen and oxygen atoms in total. The molecule has 0 radical (unpaired) electrons. The van der Waals surface area contributed by atoms with E-state index in [9.17, 15) is 4.79 Å². The lowest BCUT2D eigenvalue weighted by Crippen LogP contribution is -2.46. The lowest BCUT2D eigenvalue weighted by atomic mass is 10.0. The zero-order chi connectivity index (χ0) is 10.2. The molecule has 0 spiro atoms. The van der Waals surface area contributed by atoms with Crippen molar-refractivity contribution >= 4 is 5.91 Å². The number of carbonyl (C=O) groups excluding carboxylic acids is 1. The maximum atomic E-state index is 11.9. The molecule has 14 heavy (non-hydrogen) atoms. The van der Waals surface area contributed by atoms with Crippen molar-refractivity contribution in [1.82, 2.24) is 4.90 Å². The summed E-state index contributed by atoms with van der Waals surface area (Å²) < 4.78 is 0. The van der Waals surface area contributed by atoms with Crippen molar-refractivity contribution in [1.29, 1.82) is 0 Å². The predicted octanol–water partition coefficient (Wildman–Crippen LogP) is 1.13. The molecule has 2 N–H and O–H groups in total. The molecule has 1 aliphatic carbocycles. The molecule has 1 amide bonds. The lowest BCUT2D eigenvalue weighted by Gasteiger charge is -2.23. The third kappa shape index (κ3) is 1.92. The van der Waals surface area contributed by atoms with Crippen LogP contribution in [0.3, 0.4) is 0 Å². The Bertz CT molecular complexity index is 235. The second-order valence-electron chi connectivity index (χ2n) is 4.98. The van der Waals surface area contributed by atoms with Crippen molar-refractivity contribution in [2.75, 3.05) is 13.1 Å². The van der Waals surface area contributed by atoms with Crippen LogP contribution in [0.4, 0.5) is 0 Å². The molecule has 1 aliphatic heterocycles. The highest BCUT2D eigenvalue weighted by Gasteiger charge is 2.48. The molecule has 0 aromatic carbocycles. The average Bonchev–Trinajstić information content (AvgIpc) is 2.91. The van der Waals surface area contributed by atoms with Gasteiger partial charge in [-0.3, -0.25) is 4.79 Å². The van der Waals surface area contributed by atoms with Gasteiger partial charge in [0.2, 0.25) is 5.91 Å². The summed E-state index contributed by atoms with van der Waals surface area (Å²) in [6.45, 7) is 4.10. The van der Waals surface area contributed by atoms with Gasteiger partial charge in [-0.05, 0) is 38.0 Å². The van der Waals surface area contributed by atoms with E-state index in [0.717, 1.165) is 44.7 Å². The molecule has 1 saturated carbocycles. The van der Waals surface area contributed by atoms with Gasteiger partial charge in [0.25, 0.3) is 0 Å². The summed E-state index contributed by atoms with van der Waals surface area (Å²) in [7, 11) is 0. The number of hydrogen-bond donors (Lipinski definition) is 1. The highest BCUT2D eigenvalue weighted by molar-refractivity contribution is 5.89. The van der Waals surface area contributed by atoms with Crippen LogP contribution >= 0.6 is 0 Å². The summed E-state index contributed by atoms with van der Waals surface area (Å²) >= 11 is 0. The molecule has 1 heterocycles. The topological polar surface area (TPSA) is 46.3 Å². The molecule has 0 aromatic rings. The Morgan fingerprint density at radius 2 is 2.07 bits per heavy atom. The van der Waals surface area contributed by atoms with Crippen molar-refractivity contribution in [2.24, 2.45) is 11.7 Å². The Labute approximate surface area is 85.6 Å². The van der Waals surface area contributed by atoms with Gasteiger partial charge >= 0.3 is 0 Å². The number of nitrogens with two attached hydrogens (primary N) is 1. The van der Waals surface area contributed by atoms with E-state index in [1.54, 1.807) is 0 Å². The second-order valence-corrected chi connectivity index (χ2v) is 4.98. The van der Waals surface area contributed by atoms with Gasteiger partial charge in [0.15, 0.2) is 0 Å². The fraction of sp³-hybridized carbons (Fsp3) is 0.909. The van der Waals surface area contributed by atoms with Crippen LogP contribution in [-0.4, -0.2) is 29.4 Å². The number of carbonyl (C=O) groups is 1. The van der Waals surface area contributed by atoms with E-state index < -0.39 is 5.54 Å². The van der Waals surface area contributed by atoms with E-state index in [1.807, 2.05) is 4.90 Å². The molecular weight excluding hydrogens is 176 g/mol. The summed E-state index contributed by atoms with van der Waals surface area (Å²) in [6.07, 6.45) is 5.31. The highest BCUT2D eigenvalue weighted by atomic mass is 16.2. The molecule has 1 saturated heterocycles. The Morgan fingerprint density at radius 3 is 2.71 bits per heavy atom. The number of likely N-dealkylation sites (tertiary alicyclic amines) is 1. The van der Waals surface area contributed by atoms with Gasteiger partial charge in [-0.2, -0.15) is 0 Å². The zero-order valence-electron chi connectivity index (χ0n) is 8.96. The van der Waals surface area contributed by atoms with Crippen LogP contribution in [0.2, 0.25) is 0 Å². The first kappa shape index (κ1) is 9.97. The first-order valence-corrected chi connectivity index (χ1v) is 5.70. The Kier molecular flexibility index (Phi) is 2.52. The van der Waals surface area contributed by atoms with Crippen molar-refractivity contribution in [3.8, 4) is 0 Å². The van der Waals surface area contributed by atoms with Crippen molar-refractivity contribution in [3.05, 3.63) is 0 Å². The molecule has 0 bridgehead atoms. The van der Waals surface area contributed by atoms with E-state index in [-0.39, 0.29) is 5.91 Å².